The van der Waals surface area contributed by atoms with Crippen LogP contribution in [0.25, 0.3) is 0 Å². The second-order valence-corrected chi connectivity index (χ2v) is 8.64. The summed E-state index contributed by atoms with van der Waals surface area (Å²) in [5.41, 5.74) is 0.499. The summed E-state index contributed by atoms with van der Waals surface area (Å²) >= 11 is 4.69. The zero-order valence-electron chi connectivity index (χ0n) is 10.1. The van der Waals surface area contributed by atoms with Crippen molar-refractivity contribution in [1.29, 1.82) is 0 Å². The van der Waals surface area contributed by atoms with E-state index in [2.05, 4.69) is 0 Å². The number of hydrazine groups is 1. The number of hydrogen-bond acceptors (Lipinski definition) is 3. The molecule has 0 N–H and O–H groups in total. The van der Waals surface area contributed by atoms with Gasteiger partial charge in [0, 0.05) is 32.6 Å². The molecule has 2 unspecified atom stereocenters. The molecule has 0 fully saturated rings. The van der Waals surface area contributed by atoms with Crippen LogP contribution in [0.3, 0.4) is 0 Å². The SMILES string of the molecule is CN1C(=O)C=[PH](C[S+]([O-])c2ccc(Cl)cc2)N1C. The number of carbonyl (C=O) groups is 1. The fourth-order valence-electron chi connectivity index (χ4n) is 1.61. The van der Waals surface area contributed by atoms with Gasteiger partial charge < -0.3 is 4.55 Å². The van der Waals surface area contributed by atoms with Crippen LogP contribution in [0.5, 0.6) is 0 Å². The first-order valence-corrected chi connectivity index (χ1v) is 8.78. The van der Waals surface area contributed by atoms with Crippen LogP contribution in [0.1, 0.15) is 0 Å². The van der Waals surface area contributed by atoms with Crippen LogP contribution in [-0.4, -0.2) is 45.6 Å². The largest absolute Gasteiger partial charge is 0.611 e. The fourth-order valence-corrected chi connectivity index (χ4v) is 6.14. The van der Waals surface area contributed by atoms with E-state index in [1.807, 2.05) is 11.8 Å². The Morgan fingerprint density at radius 3 is 2.44 bits per heavy atom. The first-order valence-electron chi connectivity index (χ1n) is 5.35. The summed E-state index contributed by atoms with van der Waals surface area (Å²) in [5.74, 6) is 1.68. The van der Waals surface area contributed by atoms with Gasteiger partial charge in [-0.1, -0.05) is 11.6 Å². The first-order chi connectivity index (χ1) is 8.49. The summed E-state index contributed by atoms with van der Waals surface area (Å²) in [5, 5.41) is 2.19. The maximum Gasteiger partial charge on any atom is 0.262 e. The van der Waals surface area contributed by atoms with Crippen molar-refractivity contribution >= 4 is 42.2 Å². The Balaban J connectivity index is 2.08. The third kappa shape index (κ3) is 2.92. The molecule has 1 aliphatic rings. The van der Waals surface area contributed by atoms with Crippen molar-refractivity contribution in [3.8, 4) is 0 Å². The number of carbonyl (C=O) groups excluding carboxylic acids is 1. The van der Waals surface area contributed by atoms with Crippen molar-refractivity contribution in [2.45, 2.75) is 4.90 Å². The molecule has 1 aromatic rings. The Morgan fingerprint density at radius 2 is 1.94 bits per heavy atom. The smallest absolute Gasteiger partial charge is 0.262 e. The van der Waals surface area contributed by atoms with Crippen LogP contribution >= 0.6 is 19.3 Å². The molecular weight excluding hydrogens is 291 g/mol. The summed E-state index contributed by atoms with van der Waals surface area (Å²) in [6.45, 7) is 0. The zero-order valence-corrected chi connectivity index (χ0v) is 12.7. The molecule has 4 nitrogen and oxygen atoms in total. The number of rotatable bonds is 3. The monoisotopic (exact) mass is 304 g/mol. The van der Waals surface area contributed by atoms with Crippen LogP contribution < -0.4 is 0 Å². The van der Waals surface area contributed by atoms with Gasteiger partial charge in [0.25, 0.3) is 5.91 Å². The van der Waals surface area contributed by atoms with E-state index in [1.165, 1.54) is 0 Å². The third-order valence-electron chi connectivity index (χ3n) is 2.83. The highest BCUT2D eigenvalue weighted by atomic mass is 35.5. The lowest BCUT2D eigenvalue weighted by Gasteiger charge is -2.23. The van der Waals surface area contributed by atoms with Crippen molar-refractivity contribution in [2.24, 2.45) is 0 Å². The summed E-state index contributed by atoms with van der Waals surface area (Å²) in [4.78, 5) is 12.2. The molecule has 1 heterocycles. The van der Waals surface area contributed by atoms with Gasteiger partial charge in [-0.05, 0) is 35.4 Å². The van der Waals surface area contributed by atoms with Crippen molar-refractivity contribution in [3.63, 3.8) is 0 Å². The summed E-state index contributed by atoms with van der Waals surface area (Å²) < 4.78 is 14.1. The lowest BCUT2D eigenvalue weighted by molar-refractivity contribution is -0.128. The second-order valence-electron chi connectivity index (χ2n) is 3.96. The van der Waals surface area contributed by atoms with E-state index in [-0.39, 0.29) is 5.91 Å². The fraction of sp³-hybridized carbons (Fsp3) is 0.273. The molecule has 1 aliphatic heterocycles. The van der Waals surface area contributed by atoms with E-state index in [0.29, 0.717) is 10.5 Å². The molecule has 0 aromatic heterocycles. The topological polar surface area (TPSA) is 46.6 Å². The van der Waals surface area contributed by atoms with Gasteiger partial charge in [-0.15, -0.1) is 0 Å². The van der Waals surface area contributed by atoms with Gasteiger partial charge in [0.2, 0.25) is 0 Å². The van der Waals surface area contributed by atoms with Crippen LogP contribution in [0.2, 0.25) is 5.02 Å². The van der Waals surface area contributed by atoms with Gasteiger partial charge in [-0.3, -0.25) is 9.80 Å². The molecule has 0 spiro atoms. The van der Waals surface area contributed by atoms with Gasteiger partial charge in [0.15, 0.2) is 4.90 Å². The average Bonchev–Trinajstić information content (AvgIpc) is 2.58. The Morgan fingerprint density at radius 1 is 1.33 bits per heavy atom. The molecule has 1 aromatic carbocycles. The number of halogens is 1. The Bertz CT molecular complexity index is 494. The molecule has 18 heavy (non-hydrogen) atoms. The van der Waals surface area contributed by atoms with Gasteiger partial charge in [-0.25, -0.2) is 0 Å². The minimum Gasteiger partial charge on any atom is -0.611 e. The number of benzene rings is 1. The molecule has 0 aliphatic carbocycles. The van der Waals surface area contributed by atoms with E-state index < -0.39 is 18.9 Å². The van der Waals surface area contributed by atoms with Gasteiger partial charge in [0.1, 0.15) is 5.49 Å². The minimum atomic E-state index is -1.19. The molecule has 1 amide bonds. The van der Waals surface area contributed by atoms with Crippen molar-refractivity contribution in [1.82, 2.24) is 9.79 Å². The summed E-state index contributed by atoms with van der Waals surface area (Å²) in [6, 6.07) is 6.99. The lowest BCUT2D eigenvalue weighted by Crippen LogP contribution is -2.31. The molecule has 7 heteroatoms. The predicted molar refractivity (Wildman–Crippen MR) is 77.6 cm³/mol. The quantitative estimate of drug-likeness (QED) is 0.630. The minimum absolute atomic E-state index is 0.0144. The molecule has 0 saturated carbocycles. The highest BCUT2D eigenvalue weighted by molar-refractivity contribution is 7.97. The zero-order chi connectivity index (χ0) is 13.3. The standard InChI is InChI=1S/C11H14ClN2O2PS/c1-13-11(15)7-17(14(13)2)8-18(16)10-5-3-9(12)4-6-10/h3-7,17H,8H2,1-2H3. The maximum atomic E-state index is 12.2. The van der Waals surface area contributed by atoms with Crippen LogP contribution in [-0.2, 0) is 16.0 Å². The third-order valence-corrected chi connectivity index (χ3v) is 7.82. The van der Waals surface area contributed by atoms with E-state index >= 15 is 0 Å². The summed E-state index contributed by atoms with van der Waals surface area (Å²) in [7, 11) is 2.39. The molecule has 2 rings (SSSR count). The van der Waals surface area contributed by atoms with Crippen molar-refractivity contribution in [2.75, 3.05) is 19.6 Å². The molecule has 2 atom stereocenters. The number of amides is 1. The maximum absolute atomic E-state index is 12.2. The van der Waals surface area contributed by atoms with Gasteiger partial charge in [0.05, 0.1) is 0 Å². The lowest BCUT2D eigenvalue weighted by atomic mass is 10.4. The van der Waals surface area contributed by atoms with E-state index in [4.69, 9.17) is 11.6 Å². The summed E-state index contributed by atoms with van der Waals surface area (Å²) in [6.07, 6.45) is 0. The Kier molecular flexibility index (Phi) is 4.41. The molecule has 98 valence electrons. The van der Waals surface area contributed by atoms with Crippen LogP contribution in [0.4, 0.5) is 0 Å². The highest BCUT2D eigenvalue weighted by Crippen LogP contribution is 2.35. The average molecular weight is 305 g/mol. The van der Waals surface area contributed by atoms with Gasteiger partial charge in [-0.2, -0.15) is 4.78 Å². The first kappa shape index (κ1) is 14.0. The van der Waals surface area contributed by atoms with Gasteiger partial charge >= 0.3 is 0 Å². The Hall–Kier alpha value is -0.450. The molecule has 0 saturated heterocycles. The van der Waals surface area contributed by atoms with E-state index in [9.17, 15) is 9.35 Å². The molecule has 0 bridgehead atoms. The highest BCUT2D eigenvalue weighted by Gasteiger charge is 2.26. The number of nitrogens with zero attached hydrogens (tertiary/aromatic N) is 2. The van der Waals surface area contributed by atoms with Crippen molar-refractivity contribution < 1.29 is 9.35 Å². The number of hydrogen-bond donors (Lipinski definition) is 0. The second kappa shape index (κ2) is 5.68. The predicted octanol–water partition coefficient (Wildman–Crippen LogP) is 1.66. The van der Waals surface area contributed by atoms with Crippen molar-refractivity contribution in [3.05, 3.63) is 29.3 Å². The molecular formula is C11H14ClN2O2PS. The Labute approximate surface area is 115 Å². The normalized spacial score (nSPS) is 22.1. The van der Waals surface area contributed by atoms with Crippen LogP contribution in [0, 0.1) is 0 Å². The van der Waals surface area contributed by atoms with E-state index in [1.54, 1.807) is 42.1 Å². The molecule has 0 radical (unpaired) electrons. The van der Waals surface area contributed by atoms with Crippen LogP contribution in [0.15, 0.2) is 29.2 Å². The van der Waals surface area contributed by atoms with E-state index in [0.717, 1.165) is 4.90 Å².